The first-order chi connectivity index (χ1) is 10.4. The second-order valence-electron chi connectivity index (χ2n) is 4.69. The molecule has 0 saturated heterocycles. The van der Waals surface area contributed by atoms with Crippen LogP contribution in [0.25, 0.3) is 0 Å². The highest BCUT2D eigenvalue weighted by molar-refractivity contribution is 7.99. The van der Waals surface area contributed by atoms with Crippen LogP contribution in [-0.2, 0) is 0 Å². The Balaban J connectivity index is 0.00000192. The zero-order valence-corrected chi connectivity index (χ0v) is 12.8. The minimum absolute atomic E-state index is 0. The van der Waals surface area contributed by atoms with Gasteiger partial charge in [0.05, 0.1) is 11.4 Å². The van der Waals surface area contributed by atoms with Gasteiger partial charge in [-0.2, -0.15) is 0 Å². The first-order valence-corrected chi connectivity index (χ1v) is 7.17. The first kappa shape index (κ1) is 11.5. The molecule has 0 aromatic heterocycles. The van der Waals surface area contributed by atoms with Crippen LogP contribution in [0.1, 0.15) is 11.0 Å². The number of fused-ring (bicyclic) bond motifs is 2. The SMILES string of the molecule is Cl.[2H]C([2H])([2H])NC(C)CN1c2ccccc2Sc2ccccc21. The quantitative estimate of drug-likeness (QED) is 0.909. The molecule has 2 nitrogen and oxygen atoms in total. The minimum Gasteiger partial charge on any atom is -0.338 e. The van der Waals surface area contributed by atoms with E-state index in [9.17, 15) is 0 Å². The summed E-state index contributed by atoms with van der Waals surface area (Å²) < 4.78 is 22.1. The van der Waals surface area contributed by atoms with Crippen LogP contribution in [0, 0.1) is 0 Å². The molecular formula is C16H19ClN2S. The van der Waals surface area contributed by atoms with E-state index in [2.05, 4.69) is 34.5 Å². The number of hydrogen-bond acceptors (Lipinski definition) is 3. The molecular weight excluding hydrogens is 288 g/mol. The molecule has 1 heterocycles. The molecule has 0 aliphatic carbocycles. The monoisotopic (exact) mass is 309 g/mol. The Morgan fingerprint density at radius 2 is 1.65 bits per heavy atom. The third kappa shape index (κ3) is 2.80. The van der Waals surface area contributed by atoms with Gasteiger partial charge in [-0.1, -0.05) is 36.0 Å². The number of rotatable bonds is 3. The lowest BCUT2D eigenvalue weighted by Crippen LogP contribution is -2.36. The van der Waals surface area contributed by atoms with Gasteiger partial charge in [0.25, 0.3) is 0 Å². The molecule has 0 saturated carbocycles. The van der Waals surface area contributed by atoms with Crippen molar-refractivity contribution in [2.45, 2.75) is 22.8 Å². The molecule has 1 aliphatic rings. The zero-order valence-electron chi connectivity index (χ0n) is 14.2. The van der Waals surface area contributed by atoms with Crippen molar-refractivity contribution >= 4 is 35.5 Å². The van der Waals surface area contributed by atoms with E-state index >= 15 is 0 Å². The predicted octanol–water partition coefficient (Wildman–Crippen LogP) is 4.32. The Labute approximate surface area is 135 Å². The number of para-hydroxylation sites is 2. The second kappa shape index (κ2) is 6.53. The summed E-state index contributed by atoms with van der Waals surface area (Å²) >= 11 is 1.75. The number of anilines is 2. The van der Waals surface area contributed by atoms with Crippen LogP contribution in [-0.4, -0.2) is 19.6 Å². The molecule has 0 bridgehead atoms. The molecule has 1 unspecified atom stereocenters. The maximum absolute atomic E-state index is 7.37. The third-order valence-corrected chi connectivity index (χ3v) is 4.37. The Kier molecular flexibility index (Phi) is 3.75. The van der Waals surface area contributed by atoms with Crippen LogP contribution in [0.4, 0.5) is 11.4 Å². The fourth-order valence-electron chi connectivity index (χ4n) is 2.30. The van der Waals surface area contributed by atoms with E-state index in [-0.39, 0.29) is 18.4 Å². The molecule has 1 atom stereocenters. The van der Waals surface area contributed by atoms with Gasteiger partial charge >= 0.3 is 0 Å². The summed E-state index contributed by atoms with van der Waals surface area (Å²) in [6, 6.07) is 16.3. The second-order valence-corrected chi connectivity index (χ2v) is 5.78. The predicted molar refractivity (Wildman–Crippen MR) is 89.8 cm³/mol. The van der Waals surface area contributed by atoms with Crippen LogP contribution in [0.3, 0.4) is 0 Å². The Hall–Kier alpha value is -1.16. The van der Waals surface area contributed by atoms with Crippen molar-refractivity contribution in [3.05, 3.63) is 48.5 Å². The molecule has 2 aromatic carbocycles. The lowest BCUT2D eigenvalue weighted by molar-refractivity contribution is 0.611. The minimum atomic E-state index is -2.12. The van der Waals surface area contributed by atoms with Crippen LogP contribution in [0.15, 0.2) is 58.3 Å². The van der Waals surface area contributed by atoms with Gasteiger partial charge in [-0.3, -0.25) is 0 Å². The van der Waals surface area contributed by atoms with E-state index in [0.717, 1.165) is 11.4 Å². The molecule has 20 heavy (non-hydrogen) atoms. The van der Waals surface area contributed by atoms with Crippen molar-refractivity contribution in [2.75, 3.05) is 18.4 Å². The summed E-state index contributed by atoms with van der Waals surface area (Å²) in [6.45, 7) is 0.384. The maximum atomic E-state index is 7.37. The molecule has 4 heteroatoms. The summed E-state index contributed by atoms with van der Waals surface area (Å²) in [5.41, 5.74) is 2.26. The molecule has 3 rings (SSSR count). The number of nitrogens with one attached hydrogen (secondary N) is 1. The summed E-state index contributed by atoms with van der Waals surface area (Å²) in [5.74, 6) is 0. The zero-order chi connectivity index (χ0) is 15.7. The van der Waals surface area contributed by atoms with Gasteiger partial charge in [0.1, 0.15) is 0 Å². The summed E-state index contributed by atoms with van der Waals surface area (Å²) in [5, 5.41) is 2.68. The number of likely N-dealkylation sites (N-methyl/N-ethyl adjacent to an activating group) is 1. The van der Waals surface area contributed by atoms with Gasteiger partial charge in [0.2, 0.25) is 0 Å². The highest BCUT2D eigenvalue weighted by atomic mass is 35.5. The molecule has 1 aliphatic heterocycles. The Bertz CT molecular complexity index is 633. The largest absolute Gasteiger partial charge is 0.338 e. The summed E-state index contributed by atoms with van der Waals surface area (Å²) in [7, 11) is 0. The van der Waals surface area contributed by atoms with Crippen LogP contribution in [0.5, 0.6) is 0 Å². The van der Waals surface area contributed by atoms with Gasteiger partial charge in [-0.15, -0.1) is 12.4 Å². The summed E-state index contributed by atoms with van der Waals surface area (Å²) in [4.78, 5) is 4.59. The van der Waals surface area contributed by atoms with Gasteiger partial charge in [0.15, 0.2) is 0 Å². The maximum Gasteiger partial charge on any atom is 0.0553 e. The van der Waals surface area contributed by atoms with Crippen molar-refractivity contribution in [3.8, 4) is 0 Å². The van der Waals surface area contributed by atoms with Crippen molar-refractivity contribution in [3.63, 3.8) is 0 Å². The molecule has 2 aromatic rings. The topological polar surface area (TPSA) is 15.3 Å². The number of benzene rings is 2. The molecule has 1 N–H and O–H groups in total. The van der Waals surface area contributed by atoms with Crippen molar-refractivity contribution in [1.82, 2.24) is 5.32 Å². The number of halogens is 1. The number of nitrogens with zero attached hydrogens (tertiary/aromatic N) is 1. The fraction of sp³-hybridized carbons (Fsp3) is 0.250. The van der Waals surface area contributed by atoms with E-state index < -0.39 is 6.98 Å². The normalized spacial score (nSPS) is 16.9. The average molecular weight is 310 g/mol. The van der Waals surface area contributed by atoms with E-state index in [0.29, 0.717) is 6.54 Å². The first-order valence-electron chi connectivity index (χ1n) is 7.85. The standard InChI is InChI=1S/C16H18N2S.ClH/c1-12(17-2)11-18-13-7-3-5-9-15(13)19-16-10-6-4-8-14(16)18;/h3-10,12,17H,11H2,1-2H3;1H/i2D3;. The average Bonchev–Trinajstić information content (AvgIpc) is 2.45. The lowest BCUT2D eigenvalue weighted by atomic mass is 10.2. The smallest absolute Gasteiger partial charge is 0.0553 e. The summed E-state index contributed by atoms with van der Waals surface area (Å²) in [6.07, 6.45) is 0. The van der Waals surface area contributed by atoms with Gasteiger partial charge in [-0.25, -0.2) is 0 Å². The van der Waals surface area contributed by atoms with Gasteiger partial charge in [0, 0.05) is 26.5 Å². The lowest BCUT2D eigenvalue weighted by Gasteiger charge is -2.34. The van der Waals surface area contributed by atoms with E-state index in [4.69, 9.17) is 4.11 Å². The van der Waals surface area contributed by atoms with E-state index in [1.807, 2.05) is 31.2 Å². The molecule has 0 fully saturated rings. The van der Waals surface area contributed by atoms with E-state index in [1.165, 1.54) is 9.79 Å². The third-order valence-electron chi connectivity index (χ3n) is 3.23. The Morgan fingerprint density at radius 3 is 2.20 bits per heavy atom. The van der Waals surface area contributed by atoms with Crippen LogP contribution < -0.4 is 10.2 Å². The fourth-order valence-corrected chi connectivity index (χ4v) is 3.39. The van der Waals surface area contributed by atoms with Crippen LogP contribution >= 0.6 is 24.2 Å². The molecule has 0 spiro atoms. The van der Waals surface area contributed by atoms with Crippen molar-refractivity contribution in [2.24, 2.45) is 0 Å². The highest BCUT2D eigenvalue weighted by Gasteiger charge is 2.23. The van der Waals surface area contributed by atoms with Gasteiger partial charge < -0.3 is 10.2 Å². The van der Waals surface area contributed by atoms with E-state index in [1.54, 1.807) is 11.8 Å². The Morgan fingerprint density at radius 1 is 1.10 bits per heavy atom. The molecule has 106 valence electrons. The van der Waals surface area contributed by atoms with Crippen LogP contribution in [0.2, 0.25) is 0 Å². The highest BCUT2D eigenvalue weighted by Crippen LogP contribution is 2.47. The number of hydrogen-bond donors (Lipinski definition) is 1. The molecule has 0 radical (unpaired) electrons. The van der Waals surface area contributed by atoms with Crippen molar-refractivity contribution < 1.29 is 4.11 Å². The van der Waals surface area contributed by atoms with Crippen molar-refractivity contribution in [1.29, 1.82) is 0 Å². The van der Waals surface area contributed by atoms with Gasteiger partial charge in [-0.05, 0) is 38.2 Å². The molecule has 0 amide bonds.